The first-order valence-electron chi connectivity index (χ1n) is 6.85. The molecule has 1 aromatic carbocycles. The van der Waals surface area contributed by atoms with Gasteiger partial charge in [0.05, 0.1) is 11.9 Å². The van der Waals surface area contributed by atoms with Crippen LogP contribution >= 0.6 is 11.8 Å². The van der Waals surface area contributed by atoms with Crippen molar-refractivity contribution >= 4 is 22.6 Å². The maximum absolute atomic E-state index is 4.76. The lowest BCUT2D eigenvalue weighted by atomic mass is 9.95. The zero-order chi connectivity index (χ0) is 13.4. The van der Waals surface area contributed by atoms with E-state index in [0.717, 1.165) is 29.6 Å². The lowest BCUT2D eigenvalue weighted by molar-refractivity contribution is 0.320. The Morgan fingerprint density at radius 3 is 2.90 bits per heavy atom. The van der Waals surface area contributed by atoms with Gasteiger partial charge in [0.25, 0.3) is 0 Å². The van der Waals surface area contributed by atoms with E-state index in [1.807, 2.05) is 30.1 Å². The van der Waals surface area contributed by atoms with Gasteiger partial charge >= 0.3 is 0 Å². The summed E-state index contributed by atoms with van der Waals surface area (Å²) < 4.78 is 0. The van der Waals surface area contributed by atoms with Gasteiger partial charge in [-0.3, -0.25) is 4.98 Å². The minimum Gasteiger partial charge on any atom is -0.343 e. The van der Waals surface area contributed by atoms with Gasteiger partial charge < -0.3 is 4.90 Å². The Bertz CT molecular complexity index is 654. The van der Waals surface area contributed by atoms with E-state index in [9.17, 15) is 0 Å². The molecule has 3 nitrogen and oxygen atoms in total. The van der Waals surface area contributed by atoms with Crippen LogP contribution in [0.25, 0.3) is 0 Å². The monoisotopic (exact) mass is 281 g/mol. The number of pyridine rings is 1. The summed E-state index contributed by atoms with van der Waals surface area (Å²) >= 11 is 1.86. The van der Waals surface area contributed by atoms with Crippen molar-refractivity contribution in [1.29, 1.82) is 0 Å². The molecule has 1 atom stereocenters. The topological polar surface area (TPSA) is 28.5 Å². The van der Waals surface area contributed by atoms with Gasteiger partial charge in [-0.15, -0.1) is 0 Å². The number of aliphatic imine (C=N–C) groups is 1. The van der Waals surface area contributed by atoms with Gasteiger partial charge in [-0.2, -0.15) is 0 Å². The maximum Gasteiger partial charge on any atom is 0.165 e. The second kappa shape index (κ2) is 4.94. The SMILES string of the molecule is c1cncc(N=C2SCC3Cc4ccccc4CN23)c1. The van der Waals surface area contributed by atoms with Crippen LogP contribution in [0.3, 0.4) is 0 Å². The van der Waals surface area contributed by atoms with Crippen molar-refractivity contribution < 1.29 is 0 Å². The highest BCUT2D eigenvalue weighted by atomic mass is 32.2. The van der Waals surface area contributed by atoms with E-state index in [4.69, 9.17) is 4.99 Å². The number of nitrogens with zero attached hydrogens (tertiary/aromatic N) is 3. The Kier molecular flexibility index (Phi) is 2.96. The van der Waals surface area contributed by atoms with Gasteiger partial charge in [0, 0.05) is 24.5 Å². The van der Waals surface area contributed by atoms with E-state index >= 15 is 0 Å². The van der Waals surface area contributed by atoms with Crippen molar-refractivity contribution in [3.63, 3.8) is 0 Å². The Morgan fingerprint density at radius 2 is 2.05 bits per heavy atom. The number of rotatable bonds is 1. The fourth-order valence-corrected chi connectivity index (χ4v) is 4.03. The fourth-order valence-electron chi connectivity index (χ4n) is 2.84. The molecule has 0 amide bonds. The van der Waals surface area contributed by atoms with Gasteiger partial charge in [0.2, 0.25) is 0 Å². The minimum atomic E-state index is 0.588. The average molecular weight is 281 g/mol. The molecule has 0 bridgehead atoms. The average Bonchev–Trinajstić information content (AvgIpc) is 2.88. The Labute approximate surface area is 122 Å². The van der Waals surface area contributed by atoms with E-state index in [-0.39, 0.29) is 0 Å². The lowest BCUT2D eigenvalue weighted by Gasteiger charge is -2.32. The van der Waals surface area contributed by atoms with Crippen LogP contribution in [0, 0.1) is 0 Å². The van der Waals surface area contributed by atoms with Crippen molar-refractivity contribution in [1.82, 2.24) is 9.88 Å². The first kappa shape index (κ1) is 12.0. The molecule has 1 saturated heterocycles. The highest BCUT2D eigenvalue weighted by Gasteiger charge is 2.34. The predicted molar refractivity (Wildman–Crippen MR) is 83.3 cm³/mol. The normalized spacial score (nSPS) is 22.7. The predicted octanol–water partition coefficient (Wildman–Crippen LogP) is 3.24. The lowest BCUT2D eigenvalue weighted by Crippen LogP contribution is -2.38. The Balaban J connectivity index is 1.65. The third-order valence-electron chi connectivity index (χ3n) is 3.88. The maximum atomic E-state index is 4.76. The quantitative estimate of drug-likeness (QED) is 0.803. The van der Waals surface area contributed by atoms with Gasteiger partial charge in [-0.05, 0) is 29.7 Å². The molecule has 1 aromatic heterocycles. The van der Waals surface area contributed by atoms with Gasteiger partial charge in [0.1, 0.15) is 0 Å². The highest BCUT2D eigenvalue weighted by Crippen LogP contribution is 2.34. The molecule has 2 aromatic rings. The molecular formula is C16H15N3S. The summed E-state index contributed by atoms with van der Waals surface area (Å²) in [6.45, 7) is 0.979. The number of thioether (sulfide) groups is 1. The summed E-state index contributed by atoms with van der Waals surface area (Å²) in [6.07, 6.45) is 4.74. The summed E-state index contributed by atoms with van der Waals surface area (Å²) in [6, 6.07) is 13.3. The first-order chi connectivity index (χ1) is 9.90. The molecule has 0 N–H and O–H groups in total. The fraction of sp³-hybridized carbons (Fsp3) is 0.250. The summed E-state index contributed by atoms with van der Waals surface area (Å²) in [4.78, 5) is 11.3. The van der Waals surface area contributed by atoms with Crippen molar-refractivity contribution in [2.24, 2.45) is 4.99 Å². The number of benzene rings is 1. The van der Waals surface area contributed by atoms with Crippen LogP contribution in [0.1, 0.15) is 11.1 Å². The summed E-state index contributed by atoms with van der Waals surface area (Å²) in [7, 11) is 0. The largest absolute Gasteiger partial charge is 0.343 e. The van der Waals surface area contributed by atoms with Crippen molar-refractivity contribution in [2.75, 3.05) is 5.75 Å². The van der Waals surface area contributed by atoms with Crippen molar-refractivity contribution in [3.8, 4) is 0 Å². The van der Waals surface area contributed by atoms with E-state index in [1.54, 1.807) is 6.20 Å². The molecule has 4 rings (SSSR count). The summed E-state index contributed by atoms with van der Waals surface area (Å²) in [5.74, 6) is 1.13. The molecule has 0 aliphatic carbocycles. The molecule has 2 aliphatic heterocycles. The van der Waals surface area contributed by atoms with E-state index < -0.39 is 0 Å². The molecular weight excluding hydrogens is 266 g/mol. The Hall–Kier alpha value is -1.81. The summed E-state index contributed by atoms with van der Waals surface area (Å²) in [5, 5.41) is 1.14. The minimum absolute atomic E-state index is 0.588. The van der Waals surface area contributed by atoms with Gasteiger partial charge in [0.15, 0.2) is 5.17 Å². The second-order valence-electron chi connectivity index (χ2n) is 5.17. The molecule has 1 unspecified atom stereocenters. The molecule has 4 heteroatoms. The third-order valence-corrected chi connectivity index (χ3v) is 5.01. The number of aromatic nitrogens is 1. The molecule has 3 heterocycles. The number of fused-ring (bicyclic) bond motifs is 2. The van der Waals surface area contributed by atoms with E-state index in [1.165, 1.54) is 11.1 Å². The first-order valence-corrected chi connectivity index (χ1v) is 7.84. The van der Waals surface area contributed by atoms with Crippen molar-refractivity contribution in [3.05, 3.63) is 59.9 Å². The molecule has 0 spiro atoms. The van der Waals surface area contributed by atoms with E-state index in [0.29, 0.717) is 6.04 Å². The van der Waals surface area contributed by atoms with Gasteiger partial charge in [-0.1, -0.05) is 36.0 Å². The molecule has 2 aliphatic rings. The number of amidine groups is 1. The Morgan fingerprint density at radius 1 is 1.15 bits per heavy atom. The standard InChI is InChI=1S/C16H15N3S/c1-2-5-13-10-19-15(8-12(13)4-1)11-20-16(19)18-14-6-3-7-17-9-14/h1-7,9,15H,8,10-11H2. The van der Waals surface area contributed by atoms with Crippen LogP contribution in [-0.2, 0) is 13.0 Å². The van der Waals surface area contributed by atoms with Crippen LogP contribution < -0.4 is 0 Å². The molecule has 0 saturated carbocycles. The van der Waals surface area contributed by atoms with Gasteiger partial charge in [-0.25, -0.2) is 4.99 Å². The van der Waals surface area contributed by atoms with Crippen LogP contribution in [0.15, 0.2) is 53.8 Å². The molecule has 100 valence electrons. The van der Waals surface area contributed by atoms with Crippen LogP contribution in [0.2, 0.25) is 0 Å². The third kappa shape index (κ3) is 2.10. The smallest absolute Gasteiger partial charge is 0.165 e. The zero-order valence-electron chi connectivity index (χ0n) is 11.1. The van der Waals surface area contributed by atoms with Crippen LogP contribution in [-0.4, -0.2) is 26.8 Å². The van der Waals surface area contributed by atoms with E-state index in [2.05, 4.69) is 34.1 Å². The van der Waals surface area contributed by atoms with Crippen molar-refractivity contribution in [2.45, 2.75) is 19.0 Å². The second-order valence-corrected chi connectivity index (χ2v) is 6.16. The highest BCUT2D eigenvalue weighted by molar-refractivity contribution is 8.14. The number of hydrogen-bond donors (Lipinski definition) is 0. The number of hydrogen-bond acceptors (Lipinski definition) is 3. The van der Waals surface area contributed by atoms with Crippen LogP contribution in [0.5, 0.6) is 0 Å². The summed E-state index contributed by atoms with van der Waals surface area (Å²) in [5.41, 5.74) is 3.87. The van der Waals surface area contributed by atoms with Crippen LogP contribution in [0.4, 0.5) is 5.69 Å². The molecule has 20 heavy (non-hydrogen) atoms. The molecule has 1 fully saturated rings. The molecule has 0 radical (unpaired) electrons. The zero-order valence-corrected chi connectivity index (χ0v) is 11.9.